The molecule has 1 atom stereocenters. The molecule has 1 amide bonds. The van der Waals surface area contributed by atoms with Crippen molar-refractivity contribution in [3.63, 3.8) is 0 Å². The Morgan fingerprint density at radius 2 is 2.05 bits per heavy atom. The van der Waals surface area contributed by atoms with E-state index in [0.717, 1.165) is 64.5 Å². The van der Waals surface area contributed by atoms with Gasteiger partial charge in [0.15, 0.2) is 6.23 Å². The highest BCUT2D eigenvalue weighted by Crippen LogP contribution is 2.30. The van der Waals surface area contributed by atoms with Gasteiger partial charge < -0.3 is 14.8 Å². The molecule has 1 unspecified atom stereocenters. The van der Waals surface area contributed by atoms with Gasteiger partial charge in [-0.2, -0.15) is 10.1 Å². The minimum Gasteiger partial charge on any atom is -0.467 e. The molecule has 0 radical (unpaired) electrons. The number of carbonyl (C=O) groups is 1. The quantitative estimate of drug-likeness (QED) is 0.299. The second-order valence-corrected chi connectivity index (χ2v) is 10.0. The summed E-state index contributed by atoms with van der Waals surface area (Å²) in [6.07, 6.45) is 8.64. The van der Waals surface area contributed by atoms with Crippen LogP contribution in [0.5, 0.6) is 6.01 Å². The molecule has 9 nitrogen and oxygen atoms in total. The summed E-state index contributed by atoms with van der Waals surface area (Å²) in [6.45, 7) is 0.977. The highest BCUT2D eigenvalue weighted by Gasteiger charge is 2.21. The summed E-state index contributed by atoms with van der Waals surface area (Å²) in [6, 6.07) is 13.9. The van der Waals surface area contributed by atoms with E-state index < -0.39 is 0 Å². The molecule has 6 rings (SSSR count). The van der Waals surface area contributed by atoms with Gasteiger partial charge in [0.1, 0.15) is 0 Å². The number of methoxy groups -OCH3 is 1. The Hall–Kier alpha value is -4.08. The van der Waals surface area contributed by atoms with Gasteiger partial charge in [-0.1, -0.05) is 17.7 Å². The maximum Gasteiger partial charge on any atom is 0.316 e. The van der Waals surface area contributed by atoms with E-state index >= 15 is 0 Å². The van der Waals surface area contributed by atoms with E-state index in [0.29, 0.717) is 23.0 Å². The third-order valence-corrected chi connectivity index (χ3v) is 7.09. The number of nitrogens with one attached hydrogen (secondary N) is 1. The number of ether oxygens (including phenoxy) is 2. The Bertz CT molecular complexity index is 1660. The monoisotopic (exact) mass is 542 g/mol. The molecule has 0 bridgehead atoms. The summed E-state index contributed by atoms with van der Waals surface area (Å²) in [7, 11) is 1.54. The first-order chi connectivity index (χ1) is 19.1. The van der Waals surface area contributed by atoms with Crippen molar-refractivity contribution < 1.29 is 14.3 Å². The average Bonchev–Trinajstić information content (AvgIpc) is 3.33. The lowest BCUT2D eigenvalue weighted by Gasteiger charge is -2.23. The fourth-order valence-electron chi connectivity index (χ4n) is 4.93. The van der Waals surface area contributed by atoms with Crippen LogP contribution in [0.2, 0.25) is 5.02 Å². The Balaban J connectivity index is 1.18. The van der Waals surface area contributed by atoms with Gasteiger partial charge in [-0.05, 0) is 73.2 Å². The predicted molar refractivity (Wildman–Crippen MR) is 148 cm³/mol. The molecule has 1 aliphatic heterocycles. The van der Waals surface area contributed by atoms with E-state index in [1.165, 1.54) is 0 Å². The molecule has 5 aromatic rings. The first-order valence-electron chi connectivity index (χ1n) is 12.9. The number of rotatable bonds is 7. The van der Waals surface area contributed by atoms with E-state index in [1.54, 1.807) is 25.7 Å². The second kappa shape index (κ2) is 11.0. The van der Waals surface area contributed by atoms with Gasteiger partial charge in [0.25, 0.3) is 5.91 Å². The van der Waals surface area contributed by atoms with E-state index in [1.807, 2.05) is 47.1 Å². The van der Waals surface area contributed by atoms with Crippen molar-refractivity contribution in [1.29, 1.82) is 0 Å². The van der Waals surface area contributed by atoms with Crippen LogP contribution in [-0.2, 0) is 17.7 Å². The number of hydrogen-bond acceptors (Lipinski definition) is 7. The smallest absolute Gasteiger partial charge is 0.316 e. The highest BCUT2D eigenvalue weighted by molar-refractivity contribution is 6.31. The Kier molecular flexibility index (Phi) is 7.08. The van der Waals surface area contributed by atoms with Crippen molar-refractivity contribution in [2.45, 2.75) is 38.5 Å². The molecule has 2 aromatic carbocycles. The summed E-state index contributed by atoms with van der Waals surface area (Å²) in [5.74, 6) is -0.220. The van der Waals surface area contributed by atoms with Crippen LogP contribution in [0.15, 0.2) is 61.1 Å². The molecule has 198 valence electrons. The van der Waals surface area contributed by atoms with Gasteiger partial charge in [0, 0.05) is 41.0 Å². The minimum absolute atomic E-state index is 0.114. The largest absolute Gasteiger partial charge is 0.467 e. The van der Waals surface area contributed by atoms with E-state index in [2.05, 4.69) is 20.3 Å². The van der Waals surface area contributed by atoms with Crippen LogP contribution in [0.4, 0.5) is 0 Å². The molecule has 1 fully saturated rings. The third kappa shape index (κ3) is 5.41. The molecule has 0 aliphatic carbocycles. The molecule has 1 saturated heterocycles. The van der Waals surface area contributed by atoms with Gasteiger partial charge in [-0.25, -0.2) is 9.67 Å². The maximum atomic E-state index is 13.1. The lowest BCUT2D eigenvalue weighted by molar-refractivity contribution is -0.0369. The van der Waals surface area contributed by atoms with Crippen LogP contribution in [0.1, 0.15) is 52.7 Å². The lowest BCUT2D eigenvalue weighted by atomic mass is 10.0. The van der Waals surface area contributed by atoms with Crippen LogP contribution in [0.25, 0.3) is 21.8 Å². The number of hydrogen-bond donors (Lipinski definition) is 1. The summed E-state index contributed by atoms with van der Waals surface area (Å²) in [5.41, 5.74) is 4.97. The zero-order valence-corrected chi connectivity index (χ0v) is 22.2. The normalized spacial score (nSPS) is 15.5. The first kappa shape index (κ1) is 25.2. The molecular formula is C29H27ClN6O3. The molecule has 3 aromatic heterocycles. The van der Waals surface area contributed by atoms with Gasteiger partial charge in [-0.15, -0.1) is 0 Å². The molecule has 10 heteroatoms. The molecule has 0 spiro atoms. The number of amides is 1. The topological polar surface area (TPSA) is 104 Å². The maximum absolute atomic E-state index is 13.1. The van der Waals surface area contributed by atoms with Crippen molar-refractivity contribution in [3.05, 3.63) is 88.5 Å². The van der Waals surface area contributed by atoms with Gasteiger partial charge in [0.2, 0.25) is 0 Å². The van der Waals surface area contributed by atoms with Crippen LogP contribution >= 0.6 is 11.6 Å². The summed E-state index contributed by atoms with van der Waals surface area (Å²) >= 11 is 6.30. The number of halogens is 1. The standard InChI is InChI=1S/C29H27ClN6O3/c1-38-29-33-16-20-11-18(5-7-24(20)34-29)10-19-12-21(15-31-14-19)28(37)32-17-25-23-13-22(30)6-8-26(23)36(35-25)27-4-2-3-9-39-27/h5-8,11-16,27H,2-4,9-10,17H2,1H3,(H,32,37). The Labute approximate surface area is 230 Å². The van der Waals surface area contributed by atoms with Crippen molar-refractivity contribution >= 4 is 39.3 Å². The predicted octanol–water partition coefficient (Wildman–Crippen LogP) is 5.26. The van der Waals surface area contributed by atoms with Crippen LogP contribution in [-0.4, -0.2) is 44.4 Å². The molecule has 4 heterocycles. The number of fused-ring (bicyclic) bond motifs is 2. The van der Waals surface area contributed by atoms with E-state index in [4.69, 9.17) is 26.2 Å². The zero-order chi connectivity index (χ0) is 26.8. The van der Waals surface area contributed by atoms with Crippen molar-refractivity contribution in [3.8, 4) is 6.01 Å². The second-order valence-electron chi connectivity index (χ2n) is 9.57. The van der Waals surface area contributed by atoms with Crippen LogP contribution in [0.3, 0.4) is 0 Å². The fraction of sp³-hybridized carbons (Fsp3) is 0.276. The zero-order valence-electron chi connectivity index (χ0n) is 21.4. The number of pyridine rings is 1. The van der Waals surface area contributed by atoms with Crippen LogP contribution < -0.4 is 10.1 Å². The number of aromatic nitrogens is 5. The number of carbonyl (C=O) groups excluding carboxylic acids is 1. The third-order valence-electron chi connectivity index (χ3n) is 6.86. The molecule has 0 saturated carbocycles. The van der Waals surface area contributed by atoms with Crippen molar-refractivity contribution in [2.75, 3.05) is 13.7 Å². The summed E-state index contributed by atoms with van der Waals surface area (Å²) in [5, 5.41) is 10.3. The van der Waals surface area contributed by atoms with Crippen LogP contribution in [0, 0.1) is 0 Å². The summed E-state index contributed by atoms with van der Waals surface area (Å²) < 4.78 is 13.0. The molecule has 39 heavy (non-hydrogen) atoms. The fourth-order valence-corrected chi connectivity index (χ4v) is 5.10. The van der Waals surface area contributed by atoms with Gasteiger partial charge in [-0.3, -0.25) is 9.78 Å². The summed E-state index contributed by atoms with van der Waals surface area (Å²) in [4.78, 5) is 26.0. The van der Waals surface area contributed by atoms with Gasteiger partial charge in [0.05, 0.1) is 35.9 Å². The molecular weight excluding hydrogens is 516 g/mol. The lowest BCUT2D eigenvalue weighted by Crippen LogP contribution is -2.24. The SMILES string of the molecule is COc1ncc2cc(Cc3cncc(C(=O)NCc4nn(C5CCCCO5)c5ccc(Cl)cc45)c3)ccc2n1. The van der Waals surface area contributed by atoms with Crippen molar-refractivity contribution in [2.24, 2.45) is 0 Å². The molecule has 1 aliphatic rings. The number of benzene rings is 2. The minimum atomic E-state index is -0.220. The highest BCUT2D eigenvalue weighted by atomic mass is 35.5. The van der Waals surface area contributed by atoms with Crippen molar-refractivity contribution in [1.82, 2.24) is 30.0 Å². The Morgan fingerprint density at radius 1 is 1.13 bits per heavy atom. The van der Waals surface area contributed by atoms with E-state index in [-0.39, 0.29) is 18.7 Å². The molecule has 1 N–H and O–H groups in total. The Morgan fingerprint density at radius 3 is 2.90 bits per heavy atom. The number of nitrogens with zero attached hydrogens (tertiary/aromatic N) is 5. The first-order valence-corrected chi connectivity index (χ1v) is 13.3. The van der Waals surface area contributed by atoms with E-state index in [9.17, 15) is 4.79 Å². The van der Waals surface area contributed by atoms with Gasteiger partial charge >= 0.3 is 6.01 Å². The average molecular weight is 543 g/mol.